The van der Waals surface area contributed by atoms with Gasteiger partial charge >= 0.3 is 6.03 Å². The Hall–Kier alpha value is -1.63. The summed E-state index contributed by atoms with van der Waals surface area (Å²) < 4.78 is 0. The van der Waals surface area contributed by atoms with Crippen LogP contribution in [0.3, 0.4) is 0 Å². The number of piperidine rings is 1. The third-order valence-corrected chi connectivity index (χ3v) is 6.19. The molecule has 2 atom stereocenters. The number of hydrogen-bond acceptors (Lipinski definition) is 4. The van der Waals surface area contributed by atoms with Gasteiger partial charge in [0.15, 0.2) is 0 Å². The van der Waals surface area contributed by atoms with Crippen molar-refractivity contribution in [1.29, 1.82) is 0 Å². The van der Waals surface area contributed by atoms with E-state index in [-0.39, 0.29) is 12.1 Å². The molecule has 6 heteroatoms. The van der Waals surface area contributed by atoms with E-state index in [1.807, 2.05) is 30.3 Å². The average molecular weight is 390 g/mol. The highest BCUT2D eigenvalue weighted by molar-refractivity contribution is 5.75. The summed E-state index contributed by atoms with van der Waals surface area (Å²) in [6.45, 7) is 7.51. The summed E-state index contributed by atoms with van der Waals surface area (Å²) in [5.74, 6) is 0.470. The SMILES string of the molecule is CC(C)(O)C1CCCN1C(=O)NCC1CCN(CC(O)c2ccccc2)CC1. The second kappa shape index (κ2) is 9.25. The number of likely N-dealkylation sites (tertiary alicyclic amines) is 2. The average Bonchev–Trinajstić information content (AvgIpc) is 3.18. The van der Waals surface area contributed by atoms with Crippen LogP contribution in [0.15, 0.2) is 30.3 Å². The van der Waals surface area contributed by atoms with Crippen LogP contribution in [0.1, 0.15) is 51.2 Å². The molecule has 3 rings (SSSR count). The molecule has 2 aliphatic rings. The second-order valence-corrected chi connectivity index (χ2v) is 8.86. The van der Waals surface area contributed by atoms with Crippen molar-refractivity contribution in [2.75, 3.05) is 32.7 Å². The monoisotopic (exact) mass is 389 g/mol. The number of hydrogen-bond donors (Lipinski definition) is 3. The van der Waals surface area contributed by atoms with Gasteiger partial charge in [0.25, 0.3) is 0 Å². The Morgan fingerprint density at radius 1 is 1.18 bits per heavy atom. The minimum Gasteiger partial charge on any atom is -0.388 e. The van der Waals surface area contributed by atoms with Gasteiger partial charge < -0.3 is 25.3 Å². The molecule has 1 aromatic carbocycles. The topological polar surface area (TPSA) is 76.0 Å². The summed E-state index contributed by atoms with van der Waals surface area (Å²) >= 11 is 0. The molecule has 0 aliphatic carbocycles. The summed E-state index contributed by atoms with van der Waals surface area (Å²) in [6.07, 6.45) is 3.41. The lowest BCUT2D eigenvalue weighted by Crippen LogP contribution is -2.52. The quantitative estimate of drug-likeness (QED) is 0.698. The maximum atomic E-state index is 12.6. The van der Waals surface area contributed by atoms with E-state index in [1.165, 1.54) is 0 Å². The molecule has 2 saturated heterocycles. The zero-order valence-electron chi connectivity index (χ0n) is 17.2. The molecular weight excluding hydrogens is 354 g/mol. The number of nitrogens with one attached hydrogen (secondary N) is 1. The van der Waals surface area contributed by atoms with Gasteiger partial charge in [-0.1, -0.05) is 30.3 Å². The predicted octanol–water partition coefficient (Wildman–Crippen LogP) is 2.38. The number of carbonyl (C=O) groups excluding carboxylic acids is 1. The zero-order valence-corrected chi connectivity index (χ0v) is 17.2. The molecule has 2 fully saturated rings. The van der Waals surface area contributed by atoms with Crippen LogP contribution in [0.2, 0.25) is 0 Å². The van der Waals surface area contributed by atoms with Crippen molar-refractivity contribution in [3.05, 3.63) is 35.9 Å². The highest BCUT2D eigenvalue weighted by Gasteiger charge is 2.38. The van der Waals surface area contributed by atoms with Crippen LogP contribution in [-0.2, 0) is 0 Å². The molecule has 0 radical (unpaired) electrons. The van der Waals surface area contributed by atoms with Gasteiger partial charge in [-0.05, 0) is 64.1 Å². The van der Waals surface area contributed by atoms with Crippen molar-refractivity contribution in [3.63, 3.8) is 0 Å². The molecule has 1 aromatic rings. The smallest absolute Gasteiger partial charge is 0.317 e. The Bertz CT molecular complexity index is 624. The Morgan fingerprint density at radius 2 is 1.86 bits per heavy atom. The third-order valence-electron chi connectivity index (χ3n) is 6.19. The van der Waals surface area contributed by atoms with Crippen LogP contribution in [-0.4, -0.2) is 70.4 Å². The molecule has 2 unspecified atom stereocenters. The van der Waals surface area contributed by atoms with Crippen LogP contribution in [0.5, 0.6) is 0 Å². The molecule has 6 nitrogen and oxygen atoms in total. The molecule has 0 aromatic heterocycles. The van der Waals surface area contributed by atoms with E-state index in [2.05, 4.69) is 10.2 Å². The number of amides is 2. The minimum atomic E-state index is -0.862. The van der Waals surface area contributed by atoms with Crippen molar-refractivity contribution in [3.8, 4) is 0 Å². The van der Waals surface area contributed by atoms with Crippen LogP contribution >= 0.6 is 0 Å². The van der Waals surface area contributed by atoms with E-state index < -0.39 is 11.7 Å². The van der Waals surface area contributed by atoms with Gasteiger partial charge in [-0.15, -0.1) is 0 Å². The summed E-state index contributed by atoms with van der Waals surface area (Å²) in [5, 5.41) is 23.8. The molecule has 28 heavy (non-hydrogen) atoms. The Labute approximate surface area is 168 Å². The van der Waals surface area contributed by atoms with Crippen molar-refractivity contribution >= 4 is 6.03 Å². The first-order valence-electron chi connectivity index (χ1n) is 10.6. The number of carbonyl (C=O) groups is 1. The highest BCUT2D eigenvalue weighted by atomic mass is 16.3. The standard InChI is InChI=1S/C22H35N3O3/c1-22(2,28)20-9-6-12-25(20)21(27)23-15-17-10-13-24(14-11-17)16-19(26)18-7-4-3-5-8-18/h3-5,7-8,17,19-20,26,28H,6,9-16H2,1-2H3,(H,23,27). The molecule has 156 valence electrons. The lowest BCUT2D eigenvalue weighted by atomic mass is 9.96. The van der Waals surface area contributed by atoms with E-state index >= 15 is 0 Å². The minimum absolute atomic E-state index is 0.0495. The molecule has 0 spiro atoms. The van der Waals surface area contributed by atoms with Gasteiger partial charge in [0.2, 0.25) is 0 Å². The Morgan fingerprint density at radius 3 is 2.50 bits per heavy atom. The van der Waals surface area contributed by atoms with Crippen molar-refractivity contribution in [2.24, 2.45) is 5.92 Å². The molecule has 0 saturated carbocycles. The first-order valence-corrected chi connectivity index (χ1v) is 10.6. The fraction of sp³-hybridized carbons (Fsp3) is 0.682. The highest BCUT2D eigenvalue weighted by Crippen LogP contribution is 2.27. The van der Waals surface area contributed by atoms with Crippen molar-refractivity contribution < 1.29 is 15.0 Å². The van der Waals surface area contributed by atoms with Gasteiger partial charge in [0.1, 0.15) is 0 Å². The van der Waals surface area contributed by atoms with Gasteiger partial charge in [0.05, 0.1) is 17.7 Å². The molecule has 2 aliphatic heterocycles. The number of aliphatic hydroxyl groups excluding tert-OH is 1. The summed E-state index contributed by atoms with van der Waals surface area (Å²) in [7, 11) is 0. The fourth-order valence-corrected chi connectivity index (χ4v) is 4.48. The number of β-amino-alcohol motifs (C(OH)–C–C–N with tert-alkyl or cyclic N) is 1. The predicted molar refractivity (Wildman–Crippen MR) is 110 cm³/mol. The number of urea groups is 1. The third kappa shape index (κ3) is 5.46. The van der Waals surface area contributed by atoms with Crippen LogP contribution in [0.4, 0.5) is 4.79 Å². The maximum absolute atomic E-state index is 12.6. The maximum Gasteiger partial charge on any atom is 0.317 e. The molecule has 3 N–H and O–H groups in total. The lowest BCUT2D eigenvalue weighted by Gasteiger charge is -2.35. The van der Waals surface area contributed by atoms with E-state index in [0.717, 1.165) is 50.9 Å². The van der Waals surface area contributed by atoms with Crippen LogP contribution in [0, 0.1) is 5.92 Å². The van der Waals surface area contributed by atoms with E-state index in [1.54, 1.807) is 18.7 Å². The summed E-state index contributed by atoms with van der Waals surface area (Å²) in [5.41, 5.74) is 0.0996. The van der Waals surface area contributed by atoms with Gasteiger partial charge in [-0.2, -0.15) is 0 Å². The fourth-order valence-electron chi connectivity index (χ4n) is 4.48. The Kier molecular flexibility index (Phi) is 6.96. The summed E-state index contributed by atoms with van der Waals surface area (Å²) in [6, 6.07) is 9.65. The van der Waals surface area contributed by atoms with E-state index in [9.17, 15) is 15.0 Å². The van der Waals surface area contributed by atoms with Gasteiger partial charge in [0, 0.05) is 19.6 Å². The Balaban J connectivity index is 1.39. The van der Waals surface area contributed by atoms with Crippen LogP contribution < -0.4 is 5.32 Å². The van der Waals surface area contributed by atoms with Gasteiger partial charge in [-0.3, -0.25) is 0 Å². The number of benzene rings is 1. The second-order valence-electron chi connectivity index (χ2n) is 8.86. The van der Waals surface area contributed by atoms with E-state index in [0.29, 0.717) is 19.0 Å². The number of nitrogens with zero attached hydrogens (tertiary/aromatic N) is 2. The first kappa shape index (κ1) is 21.1. The van der Waals surface area contributed by atoms with E-state index in [4.69, 9.17) is 0 Å². The zero-order chi connectivity index (χ0) is 20.1. The van der Waals surface area contributed by atoms with Crippen LogP contribution in [0.25, 0.3) is 0 Å². The lowest BCUT2D eigenvalue weighted by molar-refractivity contribution is 0.00958. The number of aliphatic hydroxyl groups is 2. The summed E-state index contributed by atoms with van der Waals surface area (Å²) in [4.78, 5) is 16.7. The number of rotatable bonds is 6. The molecular formula is C22H35N3O3. The molecule has 2 amide bonds. The van der Waals surface area contributed by atoms with Gasteiger partial charge in [-0.25, -0.2) is 4.79 Å². The largest absolute Gasteiger partial charge is 0.388 e. The molecule has 2 heterocycles. The first-order chi connectivity index (χ1) is 13.3. The molecule has 0 bridgehead atoms. The van der Waals surface area contributed by atoms with Crippen molar-refractivity contribution in [2.45, 2.75) is 57.3 Å². The van der Waals surface area contributed by atoms with Crippen molar-refractivity contribution in [1.82, 2.24) is 15.1 Å². The normalized spacial score (nSPS) is 23.0.